The number of aromatic nitrogens is 2. The van der Waals surface area contributed by atoms with Crippen molar-refractivity contribution < 1.29 is 4.79 Å². The molecule has 21 heavy (non-hydrogen) atoms. The van der Waals surface area contributed by atoms with Gasteiger partial charge in [-0.1, -0.05) is 12.1 Å². The molecule has 1 aliphatic heterocycles. The van der Waals surface area contributed by atoms with E-state index in [1.54, 1.807) is 0 Å². The molecule has 2 heterocycles. The minimum atomic E-state index is -0.0327. The van der Waals surface area contributed by atoms with E-state index in [9.17, 15) is 4.79 Å². The fraction of sp³-hybridized carbons (Fsp3) is 0.429. The zero-order valence-corrected chi connectivity index (χ0v) is 13.5. The number of rotatable bonds is 3. The van der Waals surface area contributed by atoms with Gasteiger partial charge in [-0.25, -0.2) is 4.98 Å². The number of benzene rings is 1. The number of halogens is 2. The van der Waals surface area contributed by atoms with Crippen molar-refractivity contribution in [2.24, 2.45) is 7.05 Å². The number of amides is 1. The zero-order chi connectivity index (χ0) is 13.2. The highest BCUT2D eigenvalue weighted by atomic mass is 35.5. The van der Waals surface area contributed by atoms with Crippen molar-refractivity contribution in [2.75, 3.05) is 6.54 Å². The van der Waals surface area contributed by atoms with Crippen LogP contribution in [0.3, 0.4) is 0 Å². The van der Waals surface area contributed by atoms with Crippen molar-refractivity contribution in [1.29, 1.82) is 0 Å². The quantitative estimate of drug-likeness (QED) is 0.901. The lowest BCUT2D eigenvalue weighted by Crippen LogP contribution is -2.40. The Balaban J connectivity index is 0.00000110. The van der Waals surface area contributed by atoms with Gasteiger partial charge in [0.2, 0.25) is 5.91 Å². The van der Waals surface area contributed by atoms with Crippen LogP contribution < -0.4 is 10.6 Å². The van der Waals surface area contributed by atoms with Gasteiger partial charge in [0.25, 0.3) is 0 Å². The van der Waals surface area contributed by atoms with Crippen molar-refractivity contribution in [2.45, 2.75) is 25.4 Å². The summed E-state index contributed by atoms with van der Waals surface area (Å²) >= 11 is 0. The van der Waals surface area contributed by atoms with Crippen LogP contribution in [0.1, 0.15) is 18.7 Å². The molecule has 1 amide bonds. The topological polar surface area (TPSA) is 59.0 Å². The van der Waals surface area contributed by atoms with Crippen LogP contribution >= 0.6 is 24.8 Å². The molecule has 0 aliphatic carbocycles. The minimum Gasteiger partial charge on any atom is -0.348 e. The number of fused-ring (bicyclic) bond motifs is 1. The van der Waals surface area contributed by atoms with Gasteiger partial charge in [-0.15, -0.1) is 24.8 Å². The van der Waals surface area contributed by atoms with Crippen molar-refractivity contribution in [3.8, 4) is 0 Å². The molecule has 2 aromatic rings. The van der Waals surface area contributed by atoms with Gasteiger partial charge in [0, 0.05) is 7.05 Å². The number of nitrogens with one attached hydrogen (secondary N) is 2. The molecule has 7 heteroatoms. The van der Waals surface area contributed by atoms with Gasteiger partial charge in [-0.3, -0.25) is 4.79 Å². The van der Waals surface area contributed by atoms with Crippen molar-refractivity contribution in [1.82, 2.24) is 20.2 Å². The van der Waals surface area contributed by atoms with Crippen molar-refractivity contribution in [3.63, 3.8) is 0 Å². The highest BCUT2D eigenvalue weighted by molar-refractivity contribution is 5.85. The van der Waals surface area contributed by atoms with Gasteiger partial charge >= 0.3 is 0 Å². The van der Waals surface area contributed by atoms with Gasteiger partial charge in [0.05, 0.1) is 23.6 Å². The molecular formula is C14H20Cl2N4O. The molecular weight excluding hydrogens is 311 g/mol. The molecule has 1 aromatic heterocycles. The lowest BCUT2D eigenvalue weighted by Gasteiger charge is -2.10. The lowest BCUT2D eigenvalue weighted by atomic mass is 10.2. The van der Waals surface area contributed by atoms with Gasteiger partial charge in [0.15, 0.2) is 0 Å². The Bertz CT molecular complexity index is 608. The van der Waals surface area contributed by atoms with Crippen LogP contribution in [0.4, 0.5) is 0 Å². The van der Waals surface area contributed by atoms with E-state index in [1.807, 2.05) is 35.9 Å². The number of hydrogen-bond donors (Lipinski definition) is 2. The van der Waals surface area contributed by atoms with Gasteiger partial charge in [-0.2, -0.15) is 0 Å². The molecule has 3 rings (SSSR count). The number of aryl methyl sites for hydroxylation is 1. The molecule has 1 atom stereocenters. The van der Waals surface area contributed by atoms with E-state index < -0.39 is 0 Å². The molecule has 116 valence electrons. The third-order valence-corrected chi connectivity index (χ3v) is 3.68. The first-order chi connectivity index (χ1) is 9.25. The first-order valence-electron chi connectivity index (χ1n) is 6.67. The second kappa shape index (κ2) is 7.64. The molecule has 1 saturated heterocycles. The number of carbonyl (C=O) groups excluding carboxylic acids is 1. The number of carbonyl (C=O) groups is 1. The van der Waals surface area contributed by atoms with E-state index >= 15 is 0 Å². The third kappa shape index (κ3) is 3.67. The largest absolute Gasteiger partial charge is 0.348 e. The van der Waals surface area contributed by atoms with E-state index in [0.717, 1.165) is 36.2 Å². The second-order valence-electron chi connectivity index (χ2n) is 4.94. The molecule has 1 aliphatic rings. The van der Waals surface area contributed by atoms with Gasteiger partial charge < -0.3 is 15.2 Å². The average molecular weight is 331 g/mol. The van der Waals surface area contributed by atoms with Gasteiger partial charge in [0.1, 0.15) is 5.82 Å². The Morgan fingerprint density at radius 1 is 1.43 bits per heavy atom. The van der Waals surface area contributed by atoms with Crippen LogP contribution in [0.25, 0.3) is 11.0 Å². The molecule has 0 spiro atoms. The summed E-state index contributed by atoms with van der Waals surface area (Å²) in [7, 11) is 1.98. The molecule has 5 nitrogen and oxygen atoms in total. The van der Waals surface area contributed by atoms with Gasteiger partial charge in [-0.05, 0) is 31.5 Å². The number of hydrogen-bond acceptors (Lipinski definition) is 3. The SMILES string of the molecule is Cl.Cl.Cn1c(CNC(=O)C2CCCN2)nc2ccccc21. The normalized spacial score (nSPS) is 17.1. The van der Waals surface area contributed by atoms with Crippen LogP contribution in [-0.2, 0) is 18.4 Å². The summed E-state index contributed by atoms with van der Waals surface area (Å²) in [6.45, 7) is 1.41. The Morgan fingerprint density at radius 2 is 2.19 bits per heavy atom. The smallest absolute Gasteiger partial charge is 0.237 e. The molecule has 2 N–H and O–H groups in total. The maximum atomic E-state index is 11.9. The summed E-state index contributed by atoms with van der Waals surface area (Å²) < 4.78 is 2.03. The highest BCUT2D eigenvalue weighted by Gasteiger charge is 2.21. The van der Waals surface area contributed by atoms with Crippen LogP contribution in [-0.4, -0.2) is 28.0 Å². The summed E-state index contributed by atoms with van der Waals surface area (Å²) in [5, 5.41) is 6.15. The molecule has 1 aromatic carbocycles. The molecule has 1 unspecified atom stereocenters. The van der Waals surface area contributed by atoms with Crippen LogP contribution in [0.2, 0.25) is 0 Å². The molecule has 0 saturated carbocycles. The fourth-order valence-corrected chi connectivity index (χ4v) is 2.55. The van der Waals surface area contributed by atoms with Crippen LogP contribution in [0, 0.1) is 0 Å². The average Bonchev–Trinajstić information content (AvgIpc) is 3.05. The van der Waals surface area contributed by atoms with Crippen molar-refractivity contribution >= 4 is 41.8 Å². The summed E-state index contributed by atoms with van der Waals surface area (Å²) in [5.74, 6) is 0.956. The second-order valence-corrected chi connectivity index (χ2v) is 4.94. The fourth-order valence-electron chi connectivity index (χ4n) is 2.55. The summed E-state index contributed by atoms with van der Waals surface area (Å²) in [6, 6.07) is 7.95. The maximum Gasteiger partial charge on any atom is 0.237 e. The minimum absolute atomic E-state index is 0. The first kappa shape index (κ1) is 17.8. The summed E-state index contributed by atoms with van der Waals surface area (Å²) in [5.41, 5.74) is 2.05. The Morgan fingerprint density at radius 3 is 2.86 bits per heavy atom. The van der Waals surface area contributed by atoms with Crippen molar-refractivity contribution in [3.05, 3.63) is 30.1 Å². The van der Waals surface area contributed by atoms with Crippen LogP contribution in [0.15, 0.2) is 24.3 Å². The zero-order valence-electron chi connectivity index (χ0n) is 11.8. The molecule has 0 bridgehead atoms. The third-order valence-electron chi connectivity index (χ3n) is 3.68. The predicted molar refractivity (Wildman–Crippen MR) is 88.1 cm³/mol. The standard InChI is InChI=1S/C14H18N4O.2ClH/c1-18-12-7-3-2-5-10(12)17-13(18)9-16-14(19)11-6-4-8-15-11;;/h2-3,5,7,11,15H,4,6,8-9H2,1H3,(H,16,19);2*1H. The Hall–Kier alpha value is -1.30. The monoisotopic (exact) mass is 330 g/mol. The lowest BCUT2D eigenvalue weighted by molar-refractivity contribution is -0.123. The van der Waals surface area contributed by atoms with Crippen LogP contribution in [0.5, 0.6) is 0 Å². The van der Waals surface area contributed by atoms with E-state index in [4.69, 9.17) is 0 Å². The first-order valence-corrected chi connectivity index (χ1v) is 6.67. The number of imidazole rings is 1. The summed E-state index contributed by atoms with van der Waals surface area (Å²) in [6.07, 6.45) is 2.00. The summed E-state index contributed by atoms with van der Waals surface area (Å²) in [4.78, 5) is 16.5. The maximum absolute atomic E-state index is 11.9. The Kier molecular flexibility index (Phi) is 6.45. The highest BCUT2D eigenvalue weighted by Crippen LogP contribution is 2.14. The number of para-hydroxylation sites is 2. The van der Waals surface area contributed by atoms with E-state index in [-0.39, 0.29) is 36.8 Å². The van der Waals surface area contributed by atoms with E-state index in [1.165, 1.54) is 0 Å². The molecule has 1 fully saturated rings. The molecule has 0 radical (unpaired) electrons. The van der Waals surface area contributed by atoms with E-state index in [2.05, 4.69) is 15.6 Å². The predicted octanol–water partition coefficient (Wildman–Crippen LogP) is 1.79. The number of nitrogens with zero attached hydrogens (tertiary/aromatic N) is 2. The van der Waals surface area contributed by atoms with E-state index in [0.29, 0.717) is 6.54 Å². The Labute approximate surface area is 136 Å².